The smallest absolute Gasteiger partial charge is 0.326 e. The van der Waals surface area contributed by atoms with Crippen LogP contribution in [0.4, 0.5) is 0 Å². The molecule has 13 atom stereocenters. The standard InChI is InChI=1S/C90H137N25O23/c1-4-5-17-62(79(125)109-65-26-25-57(117)44-96-31-12-11-19-61(77(93)123)105-83(129)68(38-55-42-101-60-18-10-9-16-59(55)60)111-80(126)63(20-13-32-99-90(94)95)106-82(128)67(37-52-14-7-6-8-15-52)113-87(133)72-40-58(118)47-115(72)88(65)134)107-85(131)70(45-100-51(2)3)114-84(130)69(39-56-43-97-50-103-56)112-81(127)64(27-29-73(92)119)108-86(132)71(48-116)104-75(121)46-102-76(122)49-138-36-35-137-34-33-98-74(120)30-28-66(89(135)136)110-78(124)54-23-21-53(41-91)22-24-54/h6-10,14-16,18,42-43,50-51,53-54,58,61-72,96,100-101,116,118H,4-5,11-13,17,19-41,44-49,91H2,1-3H3,(H2,92,119)(H2,93,123)(H,97,103)(H,98,120)(H,102,122)(H,104,121)(H,105,129)(H,106,128)(H,107,131)(H,108,132)(H,109,125)(H,110,124)(H,111,126)(H,112,127)(H,113,133)(H,114,130)(H,135,136)(H4,94,95,99)/t53?,54?,58-,61+,62+,63+,64+,65+,66+,67-,68+,69+,70+,71+,72+/m1/s1. The van der Waals surface area contributed by atoms with Crippen LogP contribution in [-0.2, 0) is 115 Å². The zero-order valence-corrected chi connectivity index (χ0v) is 78.1. The number of carbonyl (C=O) groups is 18. The van der Waals surface area contributed by atoms with Gasteiger partial charge in [0.25, 0.3) is 0 Å². The highest BCUT2D eigenvalue weighted by Crippen LogP contribution is 2.29. The molecule has 2 saturated heterocycles. The maximum Gasteiger partial charge on any atom is 0.326 e. The Bertz CT molecular complexity index is 4730. The van der Waals surface area contributed by atoms with Gasteiger partial charge in [0.1, 0.15) is 84.9 Å². The van der Waals surface area contributed by atoms with Gasteiger partial charge in [0, 0.05) is 106 Å². The van der Waals surface area contributed by atoms with Gasteiger partial charge in [0.05, 0.1) is 57.6 Å². The molecule has 2 aliphatic heterocycles. The maximum atomic E-state index is 15.5. The van der Waals surface area contributed by atoms with Crippen LogP contribution in [0, 0.1) is 17.2 Å². The molecule has 3 aliphatic rings. The summed E-state index contributed by atoms with van der Waals surface area (Å²) in [6, 6.07) is -3.26. The number of nitrogens with zero attached hydrogens (tertiary/aromatic N) is 2. The van der Waals surface area contributed by atoms with Gasteiger partial charge < -0.3 is 148 Å². The Morgan fingerprint density at radius 2 is 1.28 bits per heavy atom. The summed E-state index contributed by atoms with van der Waals surface area (Å²) in [5.41, 5.74) is 24.8. The van der Waals surface area contributed by atoms with Crippen molar-refractivity contribution < 1.29 is 111 Å². The monoisotopic (exact) mass is 1940 g/mol. The number of aliphatic hydroxyl groups excluding tert-OH is 2. The Morgan fingerprint density at radius 3 is 1.96 bits per heavy atom. The number of hydrogen-bond acceptors (Lipinski definition) is 27. The molecular formula is C90H137N25O23. The molecule has 30 N–H and O–H groups in total. The summed E-state index contributed by atoms with van der Waals surface area (Å²) in [5.74, 6) is -16.4. The highest BCUT2D eigenvalue weighted by Gasteiger charge is 2.45. The van der Waals surface area contributed by atoms with Crippen LogP contribution >= 0.6 is 0 Å². The Hall–Kier alpha value is -13.2. The van der Waals surface area contributed by atoms with Gasteiger partial charge in [0.2, 0.25) is 94.5 Å². The number of nitrogens with one attached hydrogen (secondary N) is 19. The predicted octanol–water partition coefficient (Wildman–Crippen LogP) is -6.57. The van der Waals surface area contributed by atoms with Crippen LogP contribution in [0.3, 0.4) is 0 Å². The first-order valence-electron chi connectivity index (χ1n) is 46.8. The van der Waals surface area contributed by atoms with Crippen molar-refractivity contribution in [3.05, 3.63) is 90.1 Å². The number of aliphatic hydroxyl groups is 2. The lowest BCUT2D eigenvalue weighted by atomic mass is 9.81. The molecule has 138 heavy (non-hydrogen) atoms. The molecule has 0 bridgehead atoms. The van der Waals surface area contributed by atoms with Gasteiger partial charge in [-0.2, -0.15) is 0 Å². The van der Waals surface area contributed by atoms with E-state index in [0.29, 0.717) is 49.3 Å². The lowest BCUT2D eigenvalue weighted by Gasteiger charge is -2.31. The molecule has 760 valence electrons. The number of imidazole rings is 1. The zero-order chi connectivity index (χ0) is 101. The average Bonchev–Trinajstić information content (AvgIpc) is 1.65. The van der Waals surface area contributed by atoms with Crippen molar-refractivity contribution in [1.29, 1.82) is 5.41 Å². The molecule has 7 rings (SSSR count). The minimum absolute atomic E-state index is 0.0114. The number of carboxylic acid groups (broad SMARTS) is 1. The van der Waals surface area contributed by atoms with E-state index in [1.54, 1.807) is 69.4 Å². The average molecular weight is 1940 g/mol. The number of carbonyl (C=O) groups excluding carboxylic acids is 17. The van der Waals surface area contributed by atoms with Gasteiger partial charge >= 0.3 is 5.97 Å². The molecule has 4 heterocycles. The van der Waals surface area contributed by atoms with Crippen LogP contribution in [0.25, 0.3) is 10.9 Å². The molecule has 4 aromatic rings. The summed E-state index contributed by atoms with van der Waals surface area (Å²) in [6.07, 6.45) is 3.49. The van der Waals surface area contributed by atoms with Gasteiger partial charge in [-0.15, -0.1) is 0 Å². The fourth-order valence-corrected chi connectivity index (χ4v) is 15.8. The van der Waals surface area contributed by atoms with E-state index in [0.717, 1.165) is 28.6 Å². The van der Waals surface area contributed by atoms with Crippen molar-refractivity contribution in [2.75, 3.05) is 85.4 Å². The van der Waals surface area contributed by atoms with E-state index in [4.69, 9.17) is 37.8 Å². The van der Waals surface area contributed by atoms with Crippen molar-refractivity contribution in [2.45, 2.75) is 247 Å². The van der Waals surface area contributed by atoms with E-state index in [1.807, 2.05) is 12.1 Å². The minimum Gasteiger partial charge on any atom is -0.480 e. The summed E-state index contributed by atoms with van der Waals surface area (Å²) >= 11 is 0. The van der Waals surface area contributed by atoms with Gasteiger partial charge in [-0.25, -0.2) is 9.78 Å². The van der Waals surface area contributed by atoms with Crippen LogP contribution in [0.1, 0.15) is 160 Å². The number of hydrogen-bond donors (Lipinski definition) is 26. The molecule has 0 radical (unpaired) electrons. The summed E-state index contributed by atoms with van der Waals surface area (Å²) in [6.45, 7) is 2.38. The summed E-state index contributed by atoms with van der Waals surface area (Å²) in [7, 11) is 0. The number of nitrogens with two attached hydrogens (primary N) is 4. The second-order valence-corrected chi connectivity index (χ2v) is 34.8. The largest absolute Gasteiger partial charge is 0.480 e. The predicted molar refractivity (Wildman–Crippen MR) is 498 cm³/mol. The van der Waals surface area contributed by atoms with Crippen molar-refractivity contribution in [3.8, 4) is 0 Å². The highest BCUT2D eigenvalue weighted by molar-refractivity contribution is 6.01. The molecule has 3 fully saturated rings. The third kappa shape index (κ3) is 39.1. The van der Waals surface area contributed by atoms with Crippen molar-refractivity contribution in [1.82, 2.24) is 105 Å². The second kappa shape index (κ2) is 59.1. The third-order valence-electron chi connectivity index (χ3n) is 23.6. The fourth-order valence-electron chi connectivity index (χ4n) is 15.8. The third-order valence-corrected chi connectivity index (χ3v) is 23.6. The summed E-state index contributed by atoms with van der Waals surface area (Å²) in [4.78, 5) is 262. The van der Waals surface area contributed by atoms with Gasteiger partial charge in [0.15, 0.2) is 5.96 Å². The molecule has 1 aliphatic carbocycles. The Labute approximate surface area is 798 Å². The number of H-pyrrole nitrogens is 2. The van der Waals surface area contributed by atoms with Gasteiger partial charge in [-0.1, -0.05) is 82.1 Å². The molecule has 2 aromatic heterocycles. The molecular weight excluding hydrogens is 1800 g/mol. The number of fused-ring (bicyclic) bond motifs is 2. The number of primary amides is 2. The molecule has 0 spiro atoms. The van der Waals surface area contributed by atoms with E-state index >= 15 is 19.2 Å². The van der Waals surface area contributed by atoms with Crippen LogP contribution in [0.15, 0.2) is 73.3 Å². The normalized spacial score (nSPS) is 20.7. The summed E-state index contributed by atoms with van der Waals surface area (Å²) in [5, 5.41) is 82.3. The van der Waals surface area contributed by atoms with Crippen molar-refractivity contribution >= 4 is 123 Å². The van der Waals surface area contributed by atoms with Gasteiger partial charge in [-0.05, 0) is 120 Å². The van der Waals surface area contributed by atoms with Crippen LogP contribution in [0.5, 0.6) is 0 Å². The number of ketones is 1. The maximum absolute atomic E-state index is 15.5. The van der Waals surface area contributed by atoms with Gasteiger partial charge in [-0.3, -0.25) is 86.9 Å². The van der Waals surface area contributed by atoms with Crippen molar-refractivity contribution in [3.63, 3.8) is 0 Å². The van der Waals surface area contributed by atoms with Crippen LogP contribution in [0.2, 0.25) is 0 Å². The first-order valence-corrected chi connectivity index (χ1v) is 46.8. The number of Topliss-reactive ketones (excluding diaryl/α,β-unsaturated/α-hetero) is 1. The zero-order valence-electron chi connectivity index (χ0n) is 78.1. The Balaban J connectivity index is 1.03. The molecule has 16 amide bonds. The second-order valence-electron chi connectivity index (χ2n) is 34.8. The number of para-hydroxylation sites is 1. The number of guanidine groups is 1. The first-order chi connectivity index (χ1) is 66.0. The number of carboxylic acids is 1. The Kier molecular flexibility index (Phi) is 47.9. The molecule has 48 heteroatoms. The number of unbranched alkanes of at least 4 members (excludes halogenated alkanes) is 1. The first kappa shape index (κ1) is 112. The number of aromatic amines is 2. The quantitative estimate of drug-likeness (QED) is 0.0111. The van der Waals surface area contributed by atoms with E-state index in [9.17, 15) is 82.4 Å². The summed E-state index contributed by atoms with van der Waals surface area (Å²) < 4.78 is 10.7. The van der Waals surface area contributed by atoms with Crippen LogP contribution in [-0.4, -0.2) is 317 Å². The fraction of sp³-hybridized carbons (Fsp3) is 0.600. The molecule has 0 unspecified atom stereocenters. The number of benzene rings is 2. The molecule has 1 saturated carbocycles. The van der Waals surface area contributed by atoms with Crippen LogP contribution < -0.4 is 108 Å². The Morgan fingerprint density at radius 1 is 0.630 bits per heavy atom. The lowest BCUT2D eigenvalue weighted by Crippen LogP contribution is -2.62. The van der Waals surface area contributed by atoms with E-state index in [-0.39, 0.29) is 146 Å². The van der Waals surface area contributed by atoms with Crippen molar-refractivity contribution in [2.24, 2.45) is 34.8 Å². The molecule has 48 nitrogen and oxygen atoms in total. The molecule has 2 aromatic carbocycles. The van der Waals surface area contributed by atoms with E-state index < -0.39 is 244 Å². The lowest BCUT2D eigenvalue weighted by molar-refractivity contribution is -0.143. The number of aliphatic carboxylic acids is 1. The van der Waals surface area contributed by atoms with E-state index in [1.165, 1.54) is 12.5 Å². The minimum atomic E-state index is -1.80. The SMILES string of the molecule is CCCC[C@H](NC(=O)[C@H](CNC(C)C)NC(=O)[C@H](Cc1c[nH]cn1)NC(=O)[C@H](CCC(N)=O)NC(=O)[C@H](CO)NC(=O)CNC(=O)COCCOCCNC(=O)CC[C@H](NC(=O)C1CCC(CN)CC1)C(=O)O)C(=O)N[C@H]1CCC(=O)CNCCCC[C@@H](C(N)=O)NC(=O)[C@H](Cc2c[nH]c3ccccc23)NC(=O)[C@H](CCCNC(=N)N)NC(=O)[C@@H](Cc2ccccc2)NC(=O)[C@@H]2C[C@@H](O)CN2C1=O. The highest BCUT2D eigenvalue weighted by atomic mass is 16.5. The number of aromatic nitrogens is 3. The van der Waals surface area contributed by atoms with E-state index in [2.05, 4.69) is 100 Å². The topological polar surface area (TPSA) is 755 Å². The number of rotatable bonds is 49. The number of ether oxygens (including phenoxy) is 2. The number of amides is 16.